The minimum atomic E-state index is -0.224. The van der Waals surface area contributed by atoms with Gasteiger partial charge in [-0.1, -0.05) is 12.5 Å². The maximum atomic E-state index is 13.0. The van der Waals surface area contributed by atoms with E-state index in [2.05, 4.69) is 10.3 Å². The van der Waals surface area contributed by atoms with Gasteiger partial charge in [0.25, 0.3) is 5.56 Å². The summed E-state index contributed by atoms with van der Waals surface area (Å²) < 4.78 is 1.42. The molecule has 1 amide bonds. The zero-order valence-corrected chi connectivity index (χ0v) is 16.8. The molecule has 0 spiro atoms. The Morgan fingerprint density at radius 2 is 2.15 bits per heavy atom. The average molecular weight is 400 g/mol. The normalized spacial score (nSPS) is 14.0. The summed E-state index contributed by atoms with van der Waals surface area (Å²) in [6.45, 7) is -0.0319. The fraction of sp³-hybridized carbons (Fsp3) is 0.350. The smallest absolute Gasteiger partial charge is 0.262 e. The number of carbonyl (C=O) groups is 1. The highest BCUT2D eigenvalue weighted by atomic mass is 32.2. The van der Waals surface area contributed by atoms with Crippen LogP contribution < -0.4 is 10.9 Å². The number of fused-ring (bicyclic) bond motifs is 3. The summed E-state index contributed by atoms with van der Waals surface area (Å²) in [6.07, 6.45) is 8.94. The van der Waals surface area contributed by atoms with Gasteiger partial charge in [-0.2, -0.15) is 0 Å². The molecule has 140 valence electrons. The van der Waals surface area contributed by atoms with Gasteiger partial charge in [0.1, 0.15) is 11.4 Å². The second-order valence-electron chi connectivity index (χ2n) is 6.70. The molecule has 1 aromatic carbocycles. The third kappa shape index (κ3) is 3.80. The molecule has 0 saturated heterocycles. The van der Waals surface area contributed by atoms with Gasteiger partial charge in [-0.05, 0) is 55.7 Å². The van der Waals surface area contributed by atoms with Gasteiger partial charge in [0.2, 0.25) is 5.91 Å². The van der Waals surface area contributed by atoms with Gasteiger partial charge in [-0.15, -0.1) is 23.1 Å². The molecule has 0 radical (unpaired) electrons. The van der Waals surface area contributed by atoms with Gasteiger partial charge in [0, 0.05) is 15.5 Å². The van der Waals surface area contributed by atoms with Gasteiger partial charge < -0.3 is 5.32 Å². The first-order valence-corrected chi connectivity index (χ1v) is 11.1. The summed E-state index contributed by atoms with van der Waals surface area (Å²) in [7, 11) is 0. The van der Waals surface area contributed by atoms with Gasteiger partial charge in [-0.25, -0.2) is 4.98 Å². The lowest BCUT2D eigenvalue weighted by atomic mass is 10.1. The average Bonchev–Trinajstić information content (AvgIpc) is 2.86. The summed E-state index contributed by atoms with van der Waals surface area (Å²) in [4.78, 5) is 33.1. The summed E-state index contributed by atoms with van der Waals surface area (Å²) in [5.41, 5.74) is 1.79. The molecule has 1 aliphatic rings. The number of rotatable bonds is 4. The monoisotopic (exact) mass is 399 g/mol. The zero-order chi connectivity index (χ0) is 18.8. The zero-order valence-electron chi connectivity index (χ0n) is 15.2. The molecule has 1 N–H and O–H groups in total. The van der Waals surface area contributed by atoms with Crippen molar-refractivity contribution >= 4 is 44.9 Å². The van der Waals surface area contributed by atoms with Crippen LogP contribution in [0.15, 0.2) is 40.3 Å². The van der Waals surface area contributed by atoms with E-state index in [9.17, 15) is 9.59 Å². The first-order valence-electron chi connectivity index (χ1n) is 9.09. The van der Waals surface area contributed by atoms with E-state index in [0.29, 0.717) is 0 Å². The van der Waals surface area contributed by atoms with Crippen molar-refractivity contribution in [2.45, 2.75) is 43.5 Å². The number of anilines is 1. The van der Waals surface area contributed by atoms with Gasteiger partial charge in [0.15, 0.2) is 0 Å². The number of amides is 1. The van der Waals surface area contributed by atoms with Crippen LogP contribution in [0.3, 0.4) is 0 Å². The maximum absolute atomic E-state index is 13.0. The molecule has 0 fully saturated rings. The van der Waals surface area contributed by atoms with Crippen molar-refractivity contribution in [2.75, 3.05) is 11.6 Å². The topological polar surface area (TPSA) is 64.0 Å². The lowest BCUT2D eigenvalue weighted by Crippen LogP contribution is -2.28. The Morgan fingerprint density at radius 3 is 3.00 bits per heavy atom. The number of aryl methyl sites for hydroxylation is 2. The summed E-state index contributed by atoms with van der Waals surface area (Å²) in [6, 6.07) is 7.67. The van der Waals surface area contributed by atoms with Crippen LogP contribution in [0.25, 0.3) is 10.2 Å². The highest BCUT2D eigenvalue weighted by Crippen LogP contribution is 2.32. The third-order valence-corrected chi connectivity index (χ3v) is 6.78. The first-order chi connectivity index (χ1) is 13.2. The van der Waals surface area contributed by atoms with Crippen molar-refractivity contribution < 1.29 is 4.79 Å². The Kier molecular flexibility index (Phi) is 5.31. The number of aromatic nitrogens is 2. The van der Waals surface area contributed by atoms with Crippen LogP contribution in [-0.2, 0) is 24.2 Å². The molecular weight excluding hydrogens is 378 g/mol. The number of carbonyl (C=O) groups excluding carboxylic acids is 1. The van der Waals surface area contributed by atoms with E-state index in [-0.39, 0.29) is 18.0 Å². The molecule has 2 aromatic heterocycles. The Balaban J connectivity index is 1.60. The molecular formula is C20H21N3O2S2. The Labute approximate surface area is 165 Å². The molecule has 7 heteroatoms. The number of hydrogen-bond donors (Lipinski definition) is 1. The molecule has 0 saturated carbocycles. The lowest BCUT2D eigenvalue weighted by Gasteiger charge is -2.08. The predicted molar refractivity (Wildman–Crippen MR) is 112 cm³/mol. The summed E-state index contributed by atoms with van der Waals surface area (Å²) in [5, 5.41) is 3.59. The number of benzene rings is 1. The second kappa shape index (κ2) is 7.86. The number of nitrogens with one attached hydrogen (secondary N) is 1. The van der Waals surface area contributed by atoms with Crippen LogP contribution in [-0.4, -0.2) is 21.7 Å². The van der Waals surface area contributed by atoms with E-state index < -0.39 is 0 Å². The molecule has 27 heavy (non-hydrogen) atoms. The fourth-order valence-electron chi connectivity index (χ4n) is 3.53. The SMILES string of the molecule is CSc1cccc(NC(=O)Cn2cnc3sc4c(c3c2=O)CCCCC4)c1. The van der Waals surface area contributed by atoms with E-state index in [1.807, 2.05) is 30.5 Å². The standard InChI is InChI=1S/C20H21N3O2S2/c1-26-14-7-5-6-13(10-14)22-17(24)11-23-12-21-19-18(20(23)25)15-8-3-2-4-9-16(15)27-19/h5-7,10,12H,2-4,8-9,11H2,1H3,(H,22,24). The maximum Gasteiger partial charge on any atom is 0.262 e. The Morgan fingerprint density at radius 1 is 1.30 bits per heavy atom. The number of nitrogens with zero attached hydrogens (tertiary/aromatic N) is 2. The molecule has 4 rings (SSSR count). The van der Waals surface area contributed by atoms with Gasteiger partial charge in [-0.3, -0.25) is 14.2 Å². The first kappa shape index (κ1) is 18.3. The predicted octanol–water partition coefficient (Wildman–Crippen LogP) is 4.09. The van der Waals surface area contributed by atoms with E-state index in [1.165, 1.54) is 28.6 Å². The second-order valence-corrected chi connectivity index (χ2v) is 8.67. The van der Waals surface area contributed by atoms with Crippen molar-refractivity contribution in [3.05, 3.63) is 51.4 Å². The van der Waals surface area contributed by atoms with Crippen LogP contribution in [0.1, 0.15) is 29.7 Å². The van der Waals surface area contributed by atoms with E-state index in [0.717, 1.165) is 45.6 Å². The highest BCUT2D eigenvalue weighted by Gasteiger charge is 2.19. The lowest BCUT2D eigenvalue weighted by molar-refractivity contribution is -0.116. The summed E-state index contributed by atoms with van der Waals surface area (Å²) in [5.74, 6) is -0.224. The van der Waals surface area contributed by atoms with Crippen molar-refractivity contribution in [1.29, 1.82) is 0 Å². The van der Waals surface area contributed by atoms with E-state index in [4.69, 9.17) is 0 Å². The fourth-order valence-corrected chi connectivity index (χ4v) is 5.21. The van der Waals surface area contributed by atoms with Crippen LogP contribution in [0.5, 0.6) is 0 Å². The Hall–Kier alpha value is -2.12. The molecule has 0 aliphatic heterocycles. The largest absolute Gasteiger partial charge is 0.324 e. The van der Waals surface area contributed by atoms with E-state index in [1.54, 1.807) is 23.1 Å². The van der Waals surface area contributed by atoms with Crippen LogP contribution in [0, 0.1) is 0 Å². The number of thiophene rings is 1. The molecule has 1 aliphatic carbocycles. The molecule has 2 heterocycles. The minimum Gasteiger partial charge on any atom is -0.324 e. The van der Waals surface area contributed by atoms with Crippen molar-refractivity contribution in [1.82, 2.24) is 9.55 Å². The summed E-state index contributed by atoms with van der Waals surface area (Å²) >= 11 is 3.25. The van der Waals surface area contributed by atoms with Crippen molar-refractivity contribution in [2.24, 2.45) is 0 Å². The molecule has 3 aromatic rings. The van der Waals surface area contributed by atoms with Crippen LogP contribution >= 0.6 is 23.1 Å². The van der Waals surface area contributed by atoms with Gasteiger partial charge >= 0.3 is 0 Å². The molecule has 0 unspecified atom stereocenters. The highest BCUT2D eigenvalue weighted by molar-refractivity contribution is 7.98. The quantitative estimate of drug-likeness (QED) is 0.530. The van der Waals surface area contributed by atoms with Crippen LogP contribution in [0.2, 0.25) is 0 Å². The molecule has 0 bridgehead atoms. The Bertz CT molecular complexity index is 1060. The number of hydrogen-bond acceptors (Lipinski definition) is 5. The van der Waals surface area contributed by atoms with Gasteiger partial charge in [0.05, 0.1) is 11.7 Å². The number of thioether (sulfide) groups is 1. The van der Waals surface area contributed by atoms with Crippen molar-refractivity contribution in [3.8, 4) is 0 Å². The molecule has 5 nitrogen and oxygen atoms in total. The van der Waals surface area contributed by atoms with Crippen molar-refractivity contribution in [3.63, 3.8) is 0 Å². The van der Waals surface area contributed by atoms with Crippen LogP contribution in [0.4, 0.5) is 5.69 Å². The molecule has 0 atom stereocenters. The minimum absolute atomic E-state index is 0.0319. The third-order valence-electron chi connectivity index (χ3n) is 4.86. The van der Waals surface area contributed by atoms with E-state index >= 15 is 0 Å².